The van der Waals surface area contributed by atoms with E-state index in [1.165, 1.54) is 24.0 Å². The van der Waals surface area contributed by atoms with Crippen LogP contribution in [0.1, 0.15) is 36.3 Å². The van der Waals surface area contributed by atoms with Gasteiger partial charge in [-0.3, -0.25) is 4.79 Å². The number of likely N-dealkylation sites (tertiary alicyclic amines) is 1. The molecule has 1 unspecified atom stereocenters. The van der Waals surface area contributed by atoms with E-state index < -0.39 is 0 Å². The molecule has 2 fully saturated rings. The summed E-state index contributed by atoms with van der Waals surface area (Å²) in [6.07, 6.45) is 3.54. The number of carbonyl (C=O) groups excluding carboxylic acids is 1. The van der Waals surface area contributed by atoms with E-state index in [0.717, 1.165) is 25.5 Å². The second kappa shape index (κ2) is 7.24. The molecule has 0 aromatic heterocycles. The van der Waals surface area contributed by atoms with Crippen molar-refractivity contribution < 1.29 is 4.79 Å². The Hall–Kier alpha value is -2.04. The highest BCUT2D eigenvalue weighted by molar-refractivity contribution is 5.85. The Morgan fingerprint density at radius 2 is 2.04 bits per heavy atom. The number of aliphatic imine (C=N–C) groups is 1. The number of benzene rings is 1. The second-order valence-corrected chi connectivity index (χ2v) is 7.13. The minimum atomic E-state index is 0.0414. The summed E-state index contributed by atoms with van der Waals surface area (Å²) in [5.74, 6) is 1.49. The van der Waals surface area contributed by atoms with Crippen molar-refractivity contribution in [3.8, 4) is 0 Å². The van der Waals surface area contributed by atoms with Crippen LogP contribution < -0.4 is 5.32 Å². The van der Waals surface area contributed by atoms with Gasteiger partial charge in [0.1, 0.15) is 6.54 Å². The Morgan fingerprint density at radius 3 is 2.71 bits per heavy atom. The van der Waals surface area contributed by atoms with Gasteiger partial charge in [0, 0.05) is 39.1 Å². The van der Waals surface area contributed by atoms with Crippen LogP contribution in [0.2, 0.25) is 0 Å². The highest BCUT2D eigenvalue weighted by Crippen LogP contribution is 2.30. The number of nitrogens with one attached hydrogen (secondary N) is 1. The van der Waals surface area contributed by atoms with Crippen LogP contribution in [0.5, 0.6) is 0 Å². The first-order chi connectivity index (χ1) is 11.5. The quantitative estimate of drug-likeness (QED) is 0.679. The number of hydrogen-bond acceptors (Lipinski definition) is 2. The van der Waals surface area contributed by atoms with Crippen LogP contribution in [0, 0.1) is 6.92 Å². The molecule has 2 aliphatic rings. The minimum absolute atomic E-state index is 0.0414. The lowest BCUT2D eigenvalue weighted by atomic mass is 9.94. The first-order valence-corrected chi connectivity index (χ1v) is 8.86. The fourth-order valence-corrected chi connectivity index (χ4v) is 3.18. The Kier molecular flexibility index (Phi) is 5.07. The first kappa shape index (κ1) is 16.8. The van der Waals surface area contributed by atoms with Crippen molar-refractivity contribution in [3.63, 3.8) is 0 Å². The lowest BCUT2D eigenvalue weighted by Gasteiger charge is -2.23. The number of nitrogens with zero attached hydrogens (tertiary/aromatic N) is 3. The van der Waals surface area contributed by atoms with Gasteiger partial charge in [-0.25, -0.2) is 4.99 Å². The lowest BCUT2D eigenvalue weighted by molar-refractivity contribution is -0.127. The summed E-state index contributed by atoms with van der Waals surface area (Å²) < 4.78 is 0. The molecule has 0 radical (unpaired) electrons. The van der Waals surface area contributed by atoms with Gasteiger partial charge in [0.2, 0.25) is 5.91 Å². The van der Waals surface area contributed by atoms with E-state index in [9.17, 15) is 4.79 Å². The number of hydrogen-bond donors (Lipinski definition) is 1. The van der Waals surface area contributed by atoms with Crippen LogP contribution in [-0.2, 0) is 4.79 Å². The van der Waals surface area contributed by atoms with Gasteiger partial charge >= 0.3 is 0 Å². The van der Waals surface area contributed by atoms with Gasteiger partial charge < -0.3 is 15.1 Å². The molecule has 130 valence electrons. The van der Waals surface area contributed by atoms with Gasteiger partial charge in [0.05, 0.1) is 0 Å². The molecule has 1 aliphatic carbocycles. The number of amides is 1. The summed E-state index contributed by atoms with van der Waals surface area (Å²) in [5, 5.41) is 3.52. The number of likely N-dealkylation sites (N-methyl/N-ethyl adjacent to an activating group) is 1. The molecule has 1 saturated carbocycles. The second-order valence-electron chi connectivity index (χ2n) is 7.13. The van der Waals surface area contributed by atoms with E-state index >= 15 is 0 Å². The summed E-state index contributed by atoms with van der Waals surface area (Å²) in [4.78, 5) is 20.4. The molecule has 24 heavy (non-hydrogen) atoms. The maximum Gasteiger partial charge on any atom is 0.243 e. The van der Waals surface area contributed by atoms with E-state index in [1.807, 2.05) is 0 Å². The van der Waals surface area contributed by atoms with Gasteiger partial charge in [-0.1, -0.05) is 24.3 Å². The molecule has 1 atom stereocenters. The molecule has 1 N–H and O–H groups in total. The summed E-state index contributed by atoms with van der Waals surface area (Å²) in [6, 6.07) is 9.18. The van der Waals surface area contributed by atoms with Crippen molar-refractivity contribution in [1.29, 1.82) is 0 Å². The Labute approximate surface area is 144 Å². The zero-order chi connectivity index (χ0) is 17.1. The molecule has 1 aromatic rings. The third kappa shape index (κ3) is 4.08. The molecule has 1 heterocycles. The van der Waals surface area contributed by atoms with Gasteiger partial charge in [0.25, 0.3) is 0 Å². The van der Waals surface area contributed by atoms with E-state index in [1.54, 1.807) is 19.0 Å². The first-order valence-electron chi connectivity index (χ1n) is 8.86. The van der Waals surface area contributed by atoms with Crippen LogP contribution in [-0.4, -0.2) is 61.4 Å². The molecule has 0 bridgehead atoms. The number of rotatable bonds is 4. The fraction of sp³-hybridized carbons (Fsp3) is 0.579. The third-order valence-corrected chi connectivity index (χ3v) is 4.89. The Balaban J connectivity index is 1.68. The minimum Gasteiger partial charge on any atom is -0.353 e. The molecule has 5 heteroatoms. The zero-order valence-electron chi connectivity index (χ0n) is 15.0. The topological polar surface area (TPSA) is 47.9 Å². The zero-order valence-corrected chi connectivity index (χ0v) is 15.0. The summed E-state index contributed by atoms with van der Waals surface area (Å²) in [7, 11) is 3.55. The van der Waals surface area contributed by atoms with Crippen LogP contribution in [0.3, 0.4) is 0 Å². The molecule has 3 rings (SSSR count). The summed E-state index contributed by atoms with van der Waals surface area (Å²) >= 11 is 0. The van der Waals surface area contributed by atoms with Crippen LogP contribution in [0.25, 0.3) is 0 Å². The predicted molar refractivity (Wildman–Crippen MR) is 97.3 cm³/mol. The van der Waals surface area contributed by atoms with Crippen molar-refractivity contribution in [2.45, 2.75) is 38.1 Å². The molecule has 1 saturated heterocycles. The molecule has 5 nitrogen and oxygen atoms in total. The standard InChI is InChI=1S/C19H28N4O/c1-14-6-4-5-7-17(14)15-10-11-23(13-15)19(21-16-8-9-16)20-12-18(24)22(2)3/h4-7,15-16H,8-13H2,1-3H3,(H,20,21). The van der Waals surface area contributed by atoms with Crippen molar-refractivity contribution >= 4 is 11.9 Å². The molecule has 1 aliphatic heterocycles. The monoisotopic (exact) mass is 328 g/mol. The van der Waals surface area contributed by atoms with E-state index in [2.05, 4.69) is 46.4 Å². The lowest BCUT2D eigenvalue weighted by Crippen LogP contribution is -2.42. The third-order valence-electron chi connectivity index (χ3n) is 4.89. The van der Waals surface area contributed by atoms with Gasteiger partial charge in [-0.2, -0.15) is 0 Å². The number of guanidine groups is 1. The average Bonchev–Trinajstić information content (AvgIpc) is 3.25. The molecule has 1 amide bonds. The largest absolute Gasteiger partial charge is 0.353 e. The predicted octanol–water partition coefficient (Wildman–Crippen LogP) is 1.98. The van der Waals surface area contributed by atoms with E-state index in [4.69, 9.17) is 0 Å². The molecular formula is C19H28N4O. The van der Waals surface area contributed by atoms with Gasteiger partial charge in [-0.15, -0.1) is 0 Å². The van der Waals surface area contributed by atoms with Crippen molar-refractivity contribution in [1.82, 2.24) is 15.1 Å². The van der Waals surface area contributed by atoms with Crippen molar-refractivity contribution in [2.75, 3.05) is 33.7 Å². The molecule has 1 aromatic carbocycles. The van der Waals surface area contributed by atoms with Gasteiger partial charge in [-0.05, 0) is 37.3 Å². The number of aryl methyl sites for hydroxylation is 1. The van der Waals surface area contributed by atoms with E-state index in [0.29, 0.717) is 12.0 Å². The molecule has 0 spiro atoms. The van der Waals surface area contributed by atoms with E-state index in [-0.39, 0.29) is 12.5 Å². The maximum absolute atomic E-state index is 11.9. The van der Waals surface area contributed by atoms with Crippen LogP contribution >= 0.6 is 0 Å². The van der Waals surface area contributed by atoms with Crippen molar-refractivity contribution in [3.05, 3.63) is 35.4 Å². The molecular weight excluding hydrogens is 300 g/mol. The average molecular weight is 328 g/mol. The Morgan fingerprint density at radius 1 is 1.29 bits per heavy atom. The number of carbonyl (C=O) groups is 1. The maximum atomic E-state index is 11.9. The summed E-state index contributed by atoms with van der Waals surface area (Å²) in [5.41, 5.74) is 2.80. The Bertz CT molecular complexity index is 622. The summed E-state index contributed by atoms with van der Waals surface area (Å²) in [6.45, 7) is 4.37. The van der Waals surface area contributed by atoms with Crippen LogP contribution in [0.4, 0.5) is 0 Å². The van der Waals surface area contributed by atoms with Crippen molar-refractivity contribution in [2.24, 2.45) is 4.99 Å². The SMILES string of the molecule is Cc1ccccc1C1CCN(C(=NCC(=O)N(C)C)NC2CC2)C1. The normalized spacial score (nSPS) is 21.0. The fourth-order valence-electron chi connectivity index (χ4n) is 3.18. The van der Waals surface area contributed by atoms with Crippen LogP contribution in [0.15, 0.2) is 29.3 Å². The van der Waals surface area contributed by atoms with Gasteiger partial charge in [0.15, 0.2) is 5.96 Å². The highest BCUT2D eigenvalue weighted by atomic mass is 16.2. The highest BCUT2D eigenvalue weighted by Gasteiger charge is 2.30. The smallest absolute Gasteiger partial charge is 0.243 e.